The van der Waals surface area contributed by atoms with Crippen LogP contribution in [0.3, 0.4) is 0 Å². The van der Waals surface area contributed by atoms with E-state index >= 15 is 0 Å². The Morgan fingerprint density at radius 2 is 2.15 bits per heavy atom. The molecule has 0 fully saturated rings. The maximum Gasteiger partial charge on any atom is 0.147 e. The predicted molar refractivity (Wildman–Crippen MR) is 54.1 cm³/mol. The highest BCUT2D eigenvalue weighted by Gasteiger charge is 2.09. The fourth-order valence-electron chi connectivity index (χ4n) is 1.01. The first-order chi connectivity index (χ1) is 6.38. The number of anilines is 1. The summed E-state index contributed by atoms with van der Waals surface area (Å²) in [5.74, 6) is -0.239. The Kier molecular flexibility index (Phi) is 2.31. The maximum absolute atomic E-state index is 13.2. The molecular formula is C9H7FN2S. The van der Waals surface area contributed by atoms with E-state index in [1.807, 2.05) is 0 Å². The van der Waals surface area contributed by atoms with Crippen LogP contribution < -0.4 is 4.31 Å². The maximum atomic E-state index is 13.2. The van der Waals surface area contributed by atoms with Crippen LogP contribution >= 0.6 is 12.1 Å². The van der Waals surface area contributed by atoms with Gasteiger partial charge >= 0.3 is 0 Å². The minimum Gasteiger partial charge on any atom is -0.270 e. The number of rotatable bonds is 1. The molecule has 0 radical (unpaired) electrons. The predicted octanol–water partition coefficient (Wildman–Crippen LogP) is 2.79. The first kappa shape index (κ1) is 8.31. The molecule has 0 amide bonds. The van der Waals surface area contributed by atoms with Crippen molar-refractivity contribution in [3.05, 3.63) is 42.4 Å². The van der Waals surface area contributed by atoms with Crippen LogP contribution in [0.25, 0.3) is 0 Å². The topological polar surface area (TPSA) is 15.6 Å². The largest absolute Gasteiger partial charge is 0.270 e. The molecule has 1 aliphatic rings. The highest BCUT2D eigenvalue weighted by atomic mass is 32.2. The molecule has 1 heterocycles. The molecule has 0 saturated heterocycles. The van der Waals surface area contributed by atoms with Crippen LogP contribution in [0, 0.1) is 5.82 Å². The van der Waals surface area contributed by atoms with E-state index in [0.29, 0.717) is 5.69 Å². The molecule has 0 spiro atoms. The molecule has 0 atom stereocenters. The molecule has 1 aromatic carbocycles. The van der Waals surface area contributed by atoms with E-state index in [4.69, 9.17) is 0 Å². The Balaban J connectivity index is 2.30. The highest BCUT2D eigenvalue weighted by molar-refractivity contribution is 7.99. The third-order valence-corrected chi connectivity index (χ3v) is 2.30. The molecule has 1 aromatic rings. The number of hydrogen-bond donors (Lipinski definition) is 0. The summed E-state index contributed by atoms with van der Waals surface area (Å²) in [6.45, 7) is 0. The molecule has 2 nitrogen and oxygen atoms in total. The summed E-state index contributed by atoms with van der Waals surface area (Å²) in [5, 5.41) is 0. The van der Waals surface area contributed by atoms with Crippen molar-refractivity contribution in [3.63, 3.8) is 0 Å². The van der Waals surface area contributed by atoms with Crippen molar-refractivity contribution in [1.29, 1.82) is 0 Å². The summed E-state index contributed by atoms with van der Waals surface area (Å²) in [7, 11) is 0. The molecule has 0 bridgehead atoms. The fraction of sp³-hybridized carbons (Fsp3) is 0. The summed E-state index contributed by atoms with van der Waals surface area (Å²) in [6, 6.07) is 6.61. The van der Waals surface area contributed by atoms with E-state index < -0.39 is 0 Å². The second kappa shape index (κ2) is 3.62. The van der Waals surface area contributed by atoms with Gasteiger partial charge in [0.05, 0.1) is 17.8 Å². The van der Waals surface area contributed by atoms with E-state index in [9.17, 15) is 4.39 Å². The van der Waals surface area contributed by atoms with E-state index in [2.05, 4.69) is 4.40 Å². The molecule has 0 saturated carbocycles. The van der Waals surface area contributed by atoms with Crippen LogP contribution in [-0.4, -0.2) is 6.21 Å². The molecule has 4 heteroatoms. The van der Waals surface area contributed by atoms with Crippen molar-refractivity contribution in [1.82, 2.24) is 0 Å². The molecule has 0 aromatic heterocycles. The van der Waals surface area contributed by atoms with Gasteiger partial charge in [-0.2, -0.15) is 0 Å². The summed E-state index contributed by atoms with van der Waals surface area (Å²) >= 11 is 1.21. The van der Waals surface area contributed by atoms with Crippen LogP contribution in [0.2, 0.25) is 0 Å². The lowest BCUT2D eigenvalue weighted by atomic mass is 10.3. The minimum absolute atomic E-state index is 0.239. The van der Waals surface area contributed by atoms with E-state index in [-0.39, 0.29) is 5.82 Å². The average molecular weight is 194 g/mol. The van der Waals surface area contributed by atoms with Gasteiger partial charge in [0.25, 0.3) is 0 Å². The normalized spacial score (nSPS) is 15.0. The lowest BCUT2D eigenvalue weighted by Crippen LogP contribution is -2.07. The monoisotopic (exact) mass is 194 g/mol. The van der Waals surface area contributed by atoms with Crippen molar-refractivity contribution in [2.45, 2.75) is 0 Å². The average Bonchev–Trinajstić information content (AvgIpc) is 2.20. The van der Waals surface area contributed by atoms with Gasteiger partial charge in [-0.3, -0.25) is 4.31 Å². The van der Waals surface area contributed by atoms with Gasteiger partial charge in [0.15, 0.2) is 0 Å². The van der Waals surface area contributed by atoms with Crippen molar-refractivity contribution in [2.24, 2.45) is 4.40 Å². The van der Waals surface area contributed by atoms with Gasteiger partial charge in [-0.05, 0) is 18.2 Å². The number of allylic oxidation sites excluding steroid dienone is 1. The van der Waals surface area contributed by atoms with Gasteiger partial charge in [0, 0.05) is 12.4 Å². The van der Waals surface area contributed by atoms with Crippen LogP contribution in [-0.2, 0) is 0 Å². The van der Waals surface area contributed by atoms with Gasteiger partial charge in [0.2, 0.25) is 0 Å². The van der Waals surface area contributed by atoms with Crippen LogP contribution in [0.1, 0.15) is 0 Å². The quantitative estimate of drug-likeness (QED) is 0.639. The Morgan fingerprint density at radius 1 is 1.31 bits per heavy atom. The smallest absolute Gasteiger partial charge is 0.147 e. The number of benzene rings is 1. The van der Waals surface area contributed by atoms with Crippen molar-refractivity contribution >= 4 is 24.0 Å². The molecule has 0 N–H and O–H groups in total. The standard InChI is InChI=1S/C9H7FN2S/c10-8-4-1-2-5-9(8)12-7-3-6-11-13-12/h1-7H. The number of nitrogens with zero attached hydrogens (tertiary/aromatic N) is 2. The zero-order valence-electron chi connectivity index (χ0n) is 6.72. The second-order valence-electron chi connectivity index (χ2n) is 2.45. The van der Waals surface area contributed by atoms with Gasteiger partial charge < -0.3 is 0 Å². The lowest BCUT2D eigenvalue weighted by molar-refractivity contribution is 0.630. The molecule has 0 aliphatic carbocycles. The first-order valence-corrected chi connectivity index (χ1v) is 4.52. The first-order valence-electron chi connectivity index (χ1n) is 3.79. The molecule has 66 valence electrons. The second-order valence-corrected chi connectivity index (χ2v) is 3.22. The zero-order chi connectivity index (χ0) is 9.10. The Hall–Kier alpha value is -1.29. The van der Waals surface area contributed by atoms with Gasteiger partial charge in [-0.15, -0.1) is 0 Å². The molecular weight excluding hydrogens is 187 g/mol. The Morgan fingerprint density at radius 3 is 2.85 bits per heavy atom. The van der Waals surface area contributed by atoms with Crippen LogP contribution in [0.15, 0.2) is 40.9 Å². The summed E-state index contributed by atoms with van der Waals surface area (Å²) < 4.78 is 18.8. The number of para-hydroxylation sites is 1. The van der Waals surface area contributed by atoms with E-state index in [1.54, 1.807) is 41.0 Å². The molecule has 13 heavy (non-hydrogen) atoms. The number of halogens is 1. The van der Waals surface area contributed by atoms with Crippen molar-refractivity contribution in [3.8, 4) is 0 Å². The minimum atomic E-state index is -0.239. The van der Waals surface area contributed by atoms with Crippen molar-refractivity contribution in [2.75, 3.05) is 4.31 Å². The third-order valence-electron chi connectivity index (χ3n) is 1.59. The van der Waals surface area contributed by atoms with E-state index in [1.165, 1.54) is 18.2 Å². The SMILES string of the molecule is Fc1ccccc1N1C=CC=NS1. The van der Waals surface area contributed by atoms with E-state index in [0.717, 1.165) is 0 Å². The van der Waals surface area contributed by atoms with Gasteiger partial charge in [-0.1, -0.05) is 12.1 Å². The summed E-state index contributed by atoms with van der Waals surface area (Å²) in [4.78, 5) is 0. The van der Waals surface area contributed by atoms with Gasteiger partial charge in [0.1, 0.15) is 5.82 Å². The van der Waals surface area contributed by atoms with Crippen LogP contribution in [0.4, 0.5) is 10.1 Å². The van der Waals surface area contributed by atoms with Crippen molar-refractivity contribution < 1.29 is 4.39 Å². The lowest BCUT2D eigenvalue weighted by Gasteiger charge is -2.17. The molecule has 2 rings (SSSR count). The molecule has 1 aliphatic heterocycles. The van der Waals surface area contributed by atoms with Gasteiger partial charge in [-0.25, -0.2) is 8.79 Å². The number of hydrogen-bond acceptors (Lipinski definition) is 3. The van der Waals surface area contributed by atoms with Crippen LogP contribution in [0.5, 0.6) is 0 Å². The fourth-order valence-corrected chi connectivity index (χ4v) is 1.60. The zero-order valence-corrected chi connectivity index (χ0v) is 7.54. The Bertz CT molecular complexity index is 362. The summed E-state index contributed by atoms with van der Waals surface area (Å²) in [6.07, 6.45) is 5.21. The highest BCUT2D eigenvalue weighted by Crippen LogP contribution is 2.27. The summed E-state index contributed by atoms with van der Waals surface area (Å²) in [5.41, 5.74) is 0.528. The third kappa shape index (κ3) is 1.72. The Labute approximate surface area is 80.0 Å². The molecule has 0 unspecified atom stereocenters.